The molecule has 0 radical (unpaired) electrons. The number of likely N-dealkylation sites (N-methyl/N-ethyl adjacent to an activating group) is 1. The van der Waals surface area contributed by atoms with E-state index < -0.39 is 0 Å². The predicted molar refractivity (Wildman–Crippen MR) is 76.7 cm³/mol. The van der Waals surface area contributed by atoms with Gasteiger partial charge in [-0.25, -0.2) is 0 Å². The summed E-state index contributed by atoms with van der Waals surface area (Å²) >= 11 is 0. The van der Waals surface area contributed by atoms with E-state index in [1.807, 2.05) is 6.07 Å². The summed E-state index contributed by atoms with van der Waals surface area (Å²) in [6.45, 7) is 3.82. The zero-order chi connectivity index (χ0) is 13.8. The maximum Gasteiger partial charge on any atom is 0.122 e. The van der Waals surface area contributed by atoms with Gasteiger partial charge in [-0.3, -0.25) is 4.90 Å². The summed E-state index contributed by atoms with van der Waals surface area (Å²) in [6.07, 6.45) is 2.57. The number of hydrogen-bond acceptors (Lipinski definition) is 4. The lowest BCUT2D eigenvalue weighted by molar-refractivity contribution is 0.201. The smallest absolute Gasteiger partial charge is 0.122 e. The van der Waals surface area contributed by atoms with Gasteiger partial charge >= 0.3 is 0 Å². The Kier molecular flexibility index (Phi) is 4.66. The van der Waals surface area contributed by atoms with E-state index in [0.717, 1.165) is 18.0 Å². The van der Waals surface area contributed by atoms with Crippen LogP contribution in [0.1, 0.15) is 31.4 Å². The molecule has 1 atom stereocenters. The number of nitrogens with two attached hydrogens (primary N) is 1. The van der Waals surface area contributed by atoms with Crippen molar-refractivity contribution in [1.82, 2.24) is 4.90 Å². The normalized spacial score (nSPS) is 16.5. The van der Waals surface area contributed by atoms with Crippen LogP contribution in [0.25, 0.3) is 0 Å². The first kappa shape index (κ1) is 14.2. The first-order valence-corrected chi connectivity index (χ1v) is 6.92. The van der Waals surface area contributed by atoms with Crippen LogP contribution in [-0.2, 0) is 0 Å². The molecular formula is C15H24N2O2. The lowest BCUT2D eigenvalue weighted by Crippen LogP contribution is -2.35. The van der Waals surface area contributed by atoms with Crippen molar-refractivity contribution in [2.45, 2.75) is 31.8 Å². The highest BCUT2D eigenvalue weighted by Gasteiger charge is 2.33. The molecule has 1 fully saturated rings. The lowest BCUT2D eigenvalue weighted by Gasteiger charge is -2.30. The summed E-state index contributed by atoms with van der Waals surface area (Å²) in [5.74, 6) is 1.64. The molecule has 0 aliphatic heterocycles. The summed E-state index contributed by atoms with van der Waals surface area (Å²) in [6, 6.07) is 6.94. The van der Waals surface area contributed by atoms with Crippen molar-refractivity contribution in [3.8, 4) is 11.5 Å². The molecule has 1 unspecified atom stereocenters. The maximum absolute atomic E-state index is 6.01. The Hall–Kier alpha value is -1.26. The van der Waals surface area contributed by atoms with E-state index in [4.69, 9.17) is 15.2 Å². The van der Waals surface area contributed by atoms with Crippen molar-refractivity contribution < 1.29 is 9.47 Å². The number of benzene rings is 1. The minimum Gasteiger partial charge on any atom is -0.497 e. The Balaban J connectivity index is 2.30. The first-order valence-electron chi connectivity index (χ1n) is 6.92. The monoisotopic (exact) mass is 264 g/mol. The molecule has 2 rings (SSSR count). The molecular weight excluding hydrogens is 240 g/mol. The number of nitrogens with zero attached hydrogens (tertiary/aromatic N) is 1. The van der Waals surface area contributed by atoms with Gasteiger partial charge in [-0.15, -0.1) is 0 Å². The van der Waals surface area contributed by atoms with Crippen molar-refractivity contribution >= 4 is 0 Å². The van der Waals surface area contributed by atoms with Crippen molar-refractivity contribution in [3.05, 3.63) is 23.8 Å². The summed E-state index contributed by atoms with van der Waals surface area (Å²) < 4.78 is 10.7. The Morgan fingerprint density at radius 1 is 1.21 bits per heavy atom. The van der Waals surface area contributed by atoms with E-state index in [0.29, 0.717) is 12.6 Å². The average Bonchev–Trinajstić information content (AvgIpc) is 3.28. The number of methoxy groups -OCH3 is 2. The Morgan fingerprint density at radius 3 is 2.16 bits per heavy atom. The van der Waals surface area contributed by atoms with Crippen LogP contribution in [0.15, 0.2) is 18.2 Å². The summed E-state index contributed by atoms with van der Waals surface area (Å²) in [5.41, 5.74) is 7.18. The number of ether oxygens (including phenoxy) is 2. The van der Waals surface area contributed by atoms with Gasteiger partial charge in [0.2, 0.25) is 0 Å². The molecule has 0 spiro atoms. The maximum atomic E-state index is 6.01. The summed E-state index contributed by atoms with van der Waals surface area (Å²) in [7, 11) is 3.35. The van der Waals surface area contributed by atoms with Gasteiger partial charge in [0, 0.05) is 24.7 Å². The molecule has 0 aromatic heterocycles. The minimum atomic E-state index is 0.237. The van der Waals surface area contributed by atoms with Crippen LogP contribution in [0.3, 0.4) is 0 Å². The van der Waals surface area contributed by atoms with E-state index >= 15 is 0 Å². The zero-order valence-corrected chi connectivity index (χ0v) is 12.1. The van der Waals surface area contributed by atoms with Gasteiger partial charge < -0.3 is 15.2 Å². The molecule has 4 heteroatoms. The molecule has 1 saturated carbocycles. The van der Waals surface area contributed by atoms with Gasteiger partial charge in [0.1, 0.15) is 11.5 Å². The highest BCUT2D eigenvalue weighted by Crippen LogP contribution is 2.36. The van der Waals surface area contributed by atoms with Gasteiger partial charge in [0.05, 0.1) is 14.2 Å². The van der Waals surface area contributed by atoms with Crippen LogP contribution in [0.2, 0.25) is 0 Å². The van der Waals surface area contributed by atoms with Crippen molar-refractivity contribution in [1.29, 1.82) is 0 Å². The van der Waals surface area contributed by atoms with Gasteiger partial charge in [0.15, 0.2) is 0 Å². The lowest BCUT2D eigenvalue weighted by atomic mass is 10.0. The third-order valence-electron chi connectivity index (χ3n) is 3.76. The summed E-state index contributed by atoms with van der Waals surface area (Å²) in [4.78, 5) is 2.48. The van der Waals surface area contributed by atoms with E-state index in [1.165, 1.54) is 18.4 Å². The van der Waals surface area contributed by atoms with Crippen LogP contribution >= 0.6 is 0 Å². The van der Waals surface area contributed by atoms with Gasteiger partial charge in [-0.05, 0) is 37.1 Å². The molecule has 1 aliphatic carbocycles. The predicted octanol–water partition coefficient (Wildman–Crippen LogP) is 2.19. The third kappa shape index (κ3) is 3.19. The van der Waals surface area contributed by atoms with E-state index in [9.17, 15) is 0 Å². The summed E-state index contributed by atoms with van der Waals surface area (Å²) in [5, 5.41) is 0. The standard InChI is InChI=1S/C15H24N2O2/c1-4-17(12-5-6-12)15(10-16)11-7-13(18-2)9-14(8-11)19-3/h7-9,12,15H,4-6,10,16H2,1-3H3. The van der Waals surface area contributed by atoms with Crippen molar-refractivity contribution in [2.24, 2.45) is 5.73 Å². The molecule has 1 aromatic rings. The molecule has 0 saturated heterocycles. The highest BCUT2D eigenvalue weighted by atomic mass is 16.5. The molecule has 2 N–H and O–H groups in total. The van der Waals surface area contributed by atoms with Crippen LogP contribution in [-0.4, -0.2) is 38.3 Å². The molecule has 1 aliphatic rings. The van der Waals surface area contributed by atoms with Gasteiger partial charge in [-0.2, -0.15) is 0 Å². The van der Waals surface area contributed by atoms with E-state index in [-0.39, 0.29) is 6.04 Å². The van der Waals surface area contributed by atoms with Crippen molar-refractivity contribution in [2.75, 3.05) is 27.3 Å². The highest BCUT2D eigenvalue weighted by molar-refractivity contribution is 5.40. The molecule has 4 nitrogen and oxygen atoms in total. The number of hydrogen-bond donors (Lipinski definition) is 1. The largest absolute Gasteiger partial charge is 0.497 e. The molecule has 106 valence electrons. The molecule has 19 heavy (non-hydrogen) atoms. The Bertz CT molecular complexity index is 396. The fourth-order valence-electron chi connectivity index (χ4n) is 2.62. The molecule has 0 bridgehead atoms. The van der Waals surface area contributed by atoms with Crippen molar-refractivity contribution in [3.63, 3.8) is 0 Å². The minimum absolute atomic E-state index is 0.237. The SMILES string of the molecule is CCN(C1CC1)C(CN)c1cc(OC)cc(OC)c1. The second-order valence-corrected chi connectivity index (χ2v) is 4.96. The Labute approximate surface area is 115 Å². The fourth-order valence-corrected chi connectivity index (χ4v) is 2.62. The molecule has 0 heterocycles. The second-order valence-electron chi connectivity index (χ2n) is 4.96. The molecule has 1 aromatic carbocycles. The van der Waals surface area contributed by atoms with Crippen LogP contribution in [0, 0.1) is 0 Å². The average molecular weight is 264 g/mol. The van der Waals surface area contributed by atoms with Crippen LogP contribution in [0.4, 0.5) is 0 Å². The third-order valence-corrected chi connectivity index (χ3v) is 3.76. The van der Waals surface area contributed by atoms with E-state index in [2.05, 4.69) is 24.0 Å². The molecule has 0 amide bonds. The first-order chi connectivity index (χ1) is 9.23. The quantitative estimate of drug-likeness (QED) is 0.820. The van der Waals surface area contributed by atoms with E-state index in [1.54, 1.807) is 14.2 Å². The van der Waals surface area contributed by atoms with Crippen LogP contribution < -0.4 is 15.2 Å². The number of rotatable bonds is 7. The zero-order valence-electron chi connectivity index (χ0n) is 12.1. The van der Waals surface area contributed by atoms with Gasteiger partial charge in [0.25, 0.3) is 0 Å². The second kappa shape index (κ2) is 6.26. The van der Waals surface area contributed by atoms with Gasteiger partial charge in [-0.1, -0.05) is 6.92 Å². The Morgan fingerprint density at radius 2 is 1.79 bits per heavy atom. The topological polar surface area (TPSA) is 47.7 Å². The van der Waals surface area contributed by atoms with Crippen LogP contribution in [0.5, 0.6) is 11.5 Å². The fraction of sp³-hybridized carbons (Fsp3) is 0.600.